The van der Waals surface area contributed by atoms with E-state index in [0.717, 1.165) is 42.7 Å². The van der Waals surface area contributed by atoms with E-state index < -0.39 is 0 Å². The third-order valence-electron chi connectivity index (χ3n) is 4.13. The van der Waals surface area contributed by atoms with Crippen LogP contribution in [0.1, 0.15) is 48.4 Å². The molecule has 2 aromatic heterocycles. The van der Waals surface area contributed by atoms with Crippen molar-refractivity contribution < 1.29 is 0 Å². The molecule has 4 rings (SSSR count). The van der Waals surface area contributed by atoms with Crippen molar-refractivity contribution in [3.8, 4) is 0 Å². The first-order chi connectivity index (χ1) is 9.79. The van der Waals surface area contributed by atoms with Gasteiger partial charge in [0.1, 0.15) is 23.8 Å². The Labute approximate surface area is 117 Å². The molecule has 1 aliphatic heterocycles. The number of nitrogens with one attached hydrogen (secondary N) is 1. The Balaban J connectivity index is 1.56. The molecule has 1 N–H and O–H groups in total. The second-order valence-corrected chi connectivity index (χ2v) is 5.80. The van der Waals surface area contributed by atoms with Crippen LogP contribution in [0.2, 0.25) is 0 Å². The standard InChI is InChI=1S/C14H18N6/c1-9-6-12(18-14(17-9)10-2-3-10)20-5-4-11(7-20)13-15-8-16-19-13/h6,8,10-11H,2-5,7H2,1H3,(H,15,16,19). The molecule has 2 aliphatic rings. The number of hydrogen-bond donors (Lipinski definition) is 1. The Hall–Kier alpha value is -1.98. The Morgan fingerprint density at radius 2 is 2.10 bits per heavy atom. The largest absolute Gasteiger partial charge is 0.356 e. The van der Waals surface area contributed by atoms with E-state index >= 15 is 0 Å². The van der Waals surface area contributed by atoms with Crippen molar-refractivity contribution in [1.29, 1.82) is 0 Å². The molecule has 0 amide bonds. The Morgan fingerprint density at radius 3 is 2.85 bits per heavy atom. The van der Waals surface area contributed by atoms with Crippen molar-refractivity contribution in [2.24, 2.45) is 0 Å². The van der Waals surface area contributed by atoms with Crippen molar-refractivity contribution in [3.63, 3.8) is 0 Å². The number of aromatic nitrogens is 5. The fourth-order valence-electron chi connectivity index (χ4n) is 2.86. The monoisotopic (exact) mass is 270 g/mol. The highest BCUT2D eigenvalue weighted by Crippen LogP contribution is 2.39. The Kier molecular flexibility index (Phi) is 2.68. The molecule has 2 fully saturated rings. The SMILES string of the molecule is Cc1cc(N2CCC(c3ncn[nH]3)C2)nc(C2CC2)n1. The summed E-state index contributed by atoms with van der Waals surface area (Å²) < 4.78 is 0. The minimum absolute atomic E-state index is 0.428. The third-order valence-corrected chi connectivity index (χ3v) is 4.13. The Morgan fingerprint density at radius 1 is 1.20 bits per heavy atom. The van der Waals surface area contributed by atoms with Crippen molar-refractivity contribution in [1.82, 2.24) is 25.1 Å². The van der Waals surface area contributed by atoms with Crippen LogP contribution in [0, 0.1) is 6.92 Å². The highest BCUT2D eigenvalue weighted by Gasteiger charge is 2.30. The highest BCUT2D eigenvalue weighted by molar-refractivity contribution is 5.42. The minimum Gasteiger partial charge on any atom is -0.356 e. The van der Waals surface area contributed by atoms with E-state index in [9.17, 15) is 0 Å². The van der Waals surface area contributed by atoms with Gasteiger partial charge in [0.15, 0.2) is 0 Å². The summed E-state index contributed by atoms with van der Waals surface area (Å²) in [5, 5.41) is 6.93. The van der Waals surface area contributed by atoms with Crippen molar-refractivity contribution in [2.45, 2.75) is 38.0 Å². The average Bonchev–Trinajstić information content (AvgIpc) is 2.96. The van der Waals surface area contributed by atoms with Crippen LogP contribution in [0.15, 0.2) is 12.4 Å². The smallest absolute Gasteiger partial charge is 0.137 e. The lowest BCUT2D eigenvalue weighted by molar-refractivity contribution is 0.713. The van der Waals surface area contributed by atoms with Gasteiger partial charge in [-0.25, -0.2) is 15.0 Å². The second kappa shape index (κ2) is 4.54. The van der Waals surface area contributed by atoms with E-state index in [0.29, 0.717) is 11.8 Å². The summed E-state index contributed by atoms with van der Waals surface area (Å²) in [6.07, 6.45) is 5.15. The zero-order chi connectivity index (χ0) is 13.5. The zero-order valence-electron chi connectivity index (χ0n) is 11.6. The molecule has 1 atom stereocenters. The zero-order valence-corrected chi connectivity index (χ0v) is 11.6. The molecule has 104 valence electrons. The van der Waals surface area contributed by atoms with Crippen LogP contribution in [0.5, 0.6) is 0 Å². The lowest BCUT2D eigenvalue weighted by Crippen LogP contribution is -2.21. The lowest BCUT2D eigenvalue weighted by atomic mass is 10.1. The molecule has 0 aromatic carbocycles. The maximum Gasteiger partial charge on any atom is 0.137 e. The van der Waals surface area contributed by atoms with Crippen LogP contribution in [-0.4, -0.2) is 38.2 Å². The van der Waals surface area contributed by atoms with E-state index in [1.165, 1.54) is 12.8 Å². The van der Waals surface area contributed by atoms with Gasteiger partial charge in [-0.1, -0.05) is 0 Å². The molecule has 1 saturated heterocycles. The molecule has 2 aromatic rings. The number of anilines is 1. The summed E-state index contributed by atoms with van der Waals surface area (Å²) >= 11 is 0. The number of rotatable bonds is 3. The van der Waals surface area contributed by atoms with Gasteiger partial charge in [0, 0.05) is 36.7 Å². The van der Waals surface area contributed by atoms with E-state index in [4.69, 9.17) is 4.98 Å². The molecule has 1 saturated carbocycles. The number of nitrogens with zero attached hydrogens (tertiary/aromatic N) is 5. The van der Waals surface area contributed by atoms with E-state index in [2.05, 4.69) is 38.1 Å². The van der Waals surface area contributed by atoms with Crippen LogP contribution >= 0.6 is 0 Å². The molecule has 6 nitrogen and oxygen atoms in total. The quantitative estimate of drug-likeness (QED) is 0.920. The van der Waals surface area contributed by atoms with Gasteiger partial charge in [-0.05, 0) is 26.2 Å². The fraction of sp³-hybridized carbons (Fsp3) is 0.571. The minimum atomic E-state index is 0.428. The number of aromatic amines is 1. The third kappa shape index (κ3) is 2.15. The molecule has 6 heteroatoms. The van der Waals surface area contributed by atoms with Gasteiger partial charge in [-0.3, -0.25) is 5.10 Å². The summed E-state index contributed by atoms with van der Waals surface area (Å²) in [6, 6.07) is 2.09. The highest BCUT2D eigenvalue weighted by atomic mass is 15.2. The lowest BCUT2D eigenvalue weighted by Gasteiger charge is -2.18. The summed E-state index contributed by atoms with van der Waals surface area (Å²) in [5.41, 5.74) is 1.07. The summed E-state index contributed by atoms with van der Waals surface area (Å²) in [5.74, 6) is 4.11. The van der Waals surface area contributed by atoms with E-state index in [-0.39, 0.29) is 0 Å². The molecule has 0 bridgehead atoms. The van der Waals surface area contributed by atoms with Gasteiger partial charge in [-0.15, -0.1) is 0 Å². The summed E-state index contributed by atoms with van der Waals surface area (Å²) in [6.45, 7) is 4.03. The molecule has 3 heterocycles. The maximum atomic E-state index is 4.76. The van der Waals surface area contributed by atoms with Gasteiger partial charge in [-0.2, -0.15) is 5.10 Å². The van der Waals surface area contributed by atoms with Gasteiger partial charge in [0.2, 0.25) is 0 Å². The van der Waals surface area contributed by atoms with Gasteiger partial charge in [0.05, 0.1) is 0 Å². The number of H-pyrrole nitrogens is 1. The average molecular weight is 270 g/mol. The maximum absolute atomic E-state index is 4.76. The predicted molar refractivity (Wildman–Crippen MR) is 74.7 cm³/mol. The van der Waals surface area contributed by atoms with Crippen molar-refractivity contribution in [2.75, 3.05) is 18.0 Å². The van der Waals surface area contributed by atoms with Crippen LogP contribution in [0.3, 0.4) is 0 Å². The molecule has 0 spiro atoms. The fourth-order valence-corrected chi connectivity index (χ4v) is 2.86. The summed E-state index contributed by atoms with van der Waals surface area (Å²) in [7, 11) is 0. The van der Waals surface area contributed by atoms with Gasteiger partial charge in [0.25, 0.3) is 0 Å². The van der Waals surface area contributed by atoms with E-state index in [1.54, 1.807) is 6.33 Å². The van der Waals surface area contributed by atoms with Gasteiger partial charge >= 0.3 is 0 Å². The number of aryl methyl sites for hydroxylation is 1. The van der Waals surface area contributed by atoms with Gasteiger partial charge < -0.3 is 4.90 Å². The predicted octanol–water partition coefficient (Wildman–Crippen LogP) is 1.77. The Bertz CT molecular complexity index is 604. The molecule has 0 radical (unpaired) electrons. The van der Waals surface area contributed by atoms with Crippen molar-refractivity contribution >= 4 is 5.82 Å². The molecular weight excluding hydrogens is 252 g/mol. The molecule has 1 unspecified atom stereocenters. The number of hydrogen-bond acceptors (Lipinski definition) is 5. The normalized spacial score (nSPS) is 22.4. The molecule has 20 heavy (non-hydrogen) atoms. The van der Waals surface area contributed by atoms with Crippen LogP contribution < -0.4 is 4.90 Å². The first-order valence-corrected chi connectivity index (χ1v) is 7.25. The first-order valence-electron chi connectivity index (χ1n) is 7.25. The molecular formula is C14H18N6. The van der Waals surface area contributed by atoms with Crippen LogP contribution in [-0.2, 0) is 0 Å². The van der Waals surface area contributed by atoms with Crippen LogP contribution in [0.25, 0.3) is 0 Å². The van der Waals surface area contributed by atoms with Crippen molar-refractivity contribution in [3.05, 3.63) is 29.7 Å². The summed E-state index contributed by atoms with van der Waals surface area (Å²) in [4.78, 5) is 15.9. The van der Waals surface area contributed by atoms with Crippen LogP contribution in [0.4, 0.5) is 5.82 Å². The second-order valence-electron chi connectivity index (χ2n) is 5.80. The first kappa shape index (κ1) is 11.8. The topological polar surface area (TPSA) is 70.6 Å². The molecule has 1 aliphatic carbocycles. The van der Waals surface area contributed by atoms with E-state index in [1.807, 2.05) is 0 Å².